The Bertz CT molecular complexity index is 637. The highest BCUT2D eigenvalue weighted by Crippen LogP contribution is 2.26. The molecule has 0 aliphatic carbocycles. The van der Waals surface area contributed by atoms with Crippen LogP contribution < -0.4 is 4.74 Å². The number of benzene rings is 2. The van der Waals surface area contributed by atoms with E-state index in [1.54, 1.807) is 7.11 Å². The molecule has 2 aromatic rings. The standard InChI is InChI=1S/C18H20N2O/c1-14-19-18(16-8-4-3-5-9-16)13-20(14)12-15-7-6-10-17(11-15)21-2/h3-11,18H,12-13H2,1-2H3. The van der Waals surface area contributed by atoms with Crippen LogP contribution in [-0.2, 0) is 6.54 Å². The number of methoxy groups -OCH3 is 1. The summed E-state index contributed by atoms with van der Waals surface area (Å²) in [6.07, 6.45) is 0. The third-order valence-corrected chi connectivity index (χ3v) is 3.89. The van der Waals surface area contributed by atoms with E-state index in [1.807, 2.05) is 18.2 Å². The van der Waals surface area contributed by atoms with E-state index in [1.165, 1.54) is 11.1 Å². The van der Waals surface area contributed by atoms with Crippen LogP contribution in [0.2, 0.25) is 0 Å². The largest absolute Gasteiger partial charge is 0.497 e. The molecule has 1 unspecified atom stereocenters. The topological polar surface area (TPSA) is 24.8 Å². The van der Waals surface area contributed by atoms with Gasteiger partial charge in [-0.3, -0.25) is 4.99 Å². The third kappa shape index (κ3) is 3.07. The van der Waals surface area contributed by atoms with Crippen LogP contribution in [0.4, 0.5) is 0 Å². The zero-order valence-corrected chi connectivity index (χ0v) is 12.5. The molecule has 0 aromatic heterocycles. The Labute approximate surface area is 125 Å². The van der Waals surface area contributed by atoms with Crippen molar-refractivity contribution in [1.82, 2.24) is 4.90 Å². The lowest BCUT2D eigenvalue weighted by molar-refractivity contribution is 0.405. The number of nitrogens with zero attached hydrogens (tertiary/aromatic N) is 2. The molecule has 3 nitrogen and oxygen atoms in total. The molecular formula is C18H20N2O. The lowest BCUT2D eigenvalue weighted by atomic mass is 10.1. The van der Waals surface area contributed by atoms with Crippen LogP contribution >= 0.6 is 0 Å². The summed E-state index contributed by atoms with van der Waals surface area (Å²) in [5.74, 6) is 2.01. The predicted molar refractivity (Wildman–Crippen MR) is 85.7 cm³/mol. The van der Waals surface area contributed by atoms with E-state index in [-0.39, 0.29) is 6.04 Å². The number of aliphatic imine (C=N–C) groups is 1. The first-order chi connectivity index (χ1) is 10.3. The number of rotatable bonds is 4. The first-order valence-electron chi connectivity index (χ1n) is 7.23. The van der Waals surface area contributed by atoms with E-state index in [4.69, 9.17) is 9.73 Å². The van der Waals surface area contributed by atoms with Gasteiger partial charge in [-0.05, 0) is 30.2 Å². The SMILES string of the molecule is COc1cccc(CN2CC(c3ccccc3)N=C2C)c1. The molecule has 3 heteroatoms. The molecule has 0 amide bonds. The summed E-state index contributed by atoms with van der Waals surface area (Å²) in [5.41, 5.74) is 2.53. The molecule has 1 aliphatic rings. The molecule has 1 aliphatic heterocycles. The highest BCUT2D eigenvalue weighted by atomic mass is 16.5. The van der Waals surface area contributed by atoms with Crippen LogP contribution in [0.25, 0.3) is 0 Å². The zero-order valence-electron chi connectivity index (χ0n) is 12.5. The van der Waals surface area contributed by atoms with Gasteiger partial charge in [-0.15, -0.1) is 0 Å². The second-order valence-electron chi connectivity index (χ2n) is 5.33. The van der Waals surface area contributed by atoms with Crippen molar-refractivity contribution in [3.05, 3.63) is 65.7 Å². The third-order valence-electron chi connectivity index (χ3n) is 3.89. The normalized spacial score (nSPS) is 17.7. The highest BCUT2D eigenvalue weighted by molar-refractivity contribution is 5.81. The van der Waals surface area contributed by atoms with Crippen molar-refractivity contribution in [2.24, 2.45) is 4.99 Å². The molecule has 0 N–H and O–H groups in total. The summed E-state index contributed by atoms with van der Waals surface area (Å²) in [6, 6.07) is 19.0. The fourth-order valence-corrected chi connectivity index (χ4v) is 2.71. The van der Waals surface area contributed by atoms with Crippen LogP contribution in [0.3, 0.4) is 0 Å². The molecule has 0 saturated heterocycles. The smallest absolute Gasteiger partial charge is 0.119 e. The van der Waals surface area contributed by atoms with Crippen LogP contribution in [0.1, 0.15) is 24.1 Å². The van der Waals surface area contributed by atoms with Crippen LogP contribution in [0.15, 0.2) is 59.6 Å². The number of ether oxygens (including phenoxy) is 1. The van der Waals surface area contributed by atoms with Crippen molar-refractivity contribution in [3.63, 3.8) is 0 Å². The molecule has 0 radical (unpaired) electrons. The fourth-order valence-electron chi connectivity index (χ4n) is 2.71. The second kappa shape index (κ2) is 6.00. The van der Waals surface area contributed by atoms with Crippen molar-refractivity contribution >= 4 is 5.84 Å². The Kier molecular flexibility index (Phi) is 3.91. The van der Waals surface area contributed by atoms with Gasteiger partial charge in [0.2, 0.25) is 0 Å². The summed E-state index contributed by atoms with van der Waals surface area (Å²) in [6.45, 7) is 3.89. The Hall–Kier alpha value is -2.29. The van der Waals surface area contributed by atoms with E-state index < -0.39 is 0 Å². The predicted octanol–water partition coefficient (Wildman–Crippen LogP) is 3.67. The summed E-state index contributed by atoms with van der Waals surface area (Å²) < 4.78 is 5.29. The van der Waals surface area contributed by atoms with Gasteiger partial charge in [0.05, 0.1) is 19.0 Å². The maximum atomic E-state index is 5.29. The summed E-state index contributed by atoms with van der Waals surface area (Å²) in [4.78, 5) is 7.12. The van der Waals surface area contributed by atoms with Crippen LogP contribution in [0.5, 0.6) is 5.75 Å². The van der Waals surface area contributed by atoms with E-state index in [9.17, 15) is 0 Å². The van der Waals surface area contributed by atoms with Gasteiger partial charge >= 0.3 is 0 Å². The lowest BCUT2D eigenvalue weighted by Crippen LogP contribution is -2.25. The molecule has 1 heterocycles. The van der Waals surface area contributed by atoms with Gasteiger partial charge < -0.3 is 9.64 Å². The van der Waals surface area contributed by atoms with Crippen molar-refractivity contribution in [3.8, 4) is 5.75 Å². The van der Waals surface area contributed by atoms with Gasteiger partial charge in [0.25, 0.3) is 0 Å². The first kappa shape index (κ1) is 13.7. The molecule has 108 valence electrons. The minimum atomic E-state index is 0.247. The minimum absolute atomic E-state index is 0.247. The fraction of sp³-hybridized carbons (Fsp3) is 0.278. The molecule has 0 bridgehead atoms. The lowest BCUT2D eigenvalue weighted by Gasteiger charge is -2.19. The monoisotopic (exact) mass is 280 g/mol. The maximum absolute atomic E-state index is 5.29. The molecule has 0 spiro atoms. The van der Waals surface area contributed by atoms with Crippen molar-refractivity contribution < 1.29 is 4.74 Å². The van der Waals surface area contributed by atoms with E-state index in [2.05, 4.69) is 48.2 Å². The van der Waals surface area contributed by atoms with Gasteiger partial charge in [0.1, 0.15) is 5.75 Å². The van der Waals surface area contributed by atoms with Gasteiger partial charge in [0.15, 0.2) is 0 Å². The first-order valence-corrected chi connectivity index (χ1v) is 7.23. The van der Waals surface area contributed by atoms with Crippen molar-refractivity contribution in [2.75, 3.05) is 13.7 Å². The Morgan fingerprint density at radius 1 is 1.14 bits per heavy atom. The van der Waals surface area contributed by atoms with Gasteiger partial charge in [0, 0.05) is 13.1 Å². The van der Waals surface area contributed by atoms with Crippen molar-refractivity contribution in [2.45, 2.75) is 19.5 Å². The number of amidine groups is 1. The van der Waals surface area contributed by atoms with Gasteiger partial charge in [-0.25, -0.2) is 0 Å². The molecule has 1 atom stereocenters. The summed E-state index contributed by atoms with van der Waals surface area (Å²) in [5, 5.41) is 0. The maximum Gasteiger partial charge on any atom is 0.119 e. The van der Waals surface area contributed by atoms with E-state index in [0.29, 0.717) is 0 Å². The molecule has 2 aromatic carbocycles. The Morgan fingerprint density at radius 2 is 1.95 bits per heavy atom. The van der Waals surface area contributed by atoms with Crippen LogP contribution in [0, 0.1) is 0 Å². The Balaban J connectivity index is 1.72. The van der Waals surface area contributed by atoms with E-state index in [0.717, 1.165) is 24.7 Å². The minimum Gasteiger partial charge on any atom is -0.497 e. The molecule has 3 rings (SSSR count). The molecule has 0 saturated carbocycles. The van der Waals surface area contributed by atoms with Gasteiger partial charge in [-0.1, -0.05) is 42.5 Å². The average Bonchev–Trinajstić information content (AvgIpc) is 2.89. The second-order valence-corrected chi connectivity index (χ2v) is 5.33. The zero-order chi connectivity index (χ0) is 14.7. The average molecular weight is 280 g/mol. The number of hydrogen-bond donors (Lipinski definition) is 0. The molecule has 21 heavy (non-hydrogen) atoms. The van der Waals surface area contributed by atoms with Crippen molar-refractivity contribution in [1.29, 1.82) is 0 Å². The van der Waals surface area contributed by atoms with E-state index >= 15 is 0 Å². The summed E-state index contributed by atoms with van der Waals surface area (Å²) in [7, 11) is 1.70. The quantitative estimate of drug-likeness (QED) is 0.853. The summed E-state index contributed by atoms with van der Waals surface area (Å²) >= 11 is 0. The molecule has 0 fully saturated rings. The molecular weight excluding hydrogens is 260 g/mol. The highest BCUT2D eigenvalue weighted by Gasteiger charge is 2.23. The Morgan fingerprint density at radius 3 is 2.71 bits per heavy atom. The van der Waals surface area contributed by atoms with Gasteiger partial charge in [-0.2, -0.15) is 0 Å². The number of hydrogen-bond acceptors (Lipinski definition) is 3. The van der Waals surface area contributed by atoms with Crippen LogP contribution in [-0.4, -0.2) is 24.4 Å².